The van der Waals surface area contributed by atoms with E-state index in [1.54, 1.807) is 0 Å². The molecule has 0 aliphatic carbocycles. The van der Waals surface area contributed by atoms with Crippen LogP contribution in [0.3, 0.4) is 0 Å². The zero-order valence-electron chi connectivity index (χ0n) is 12.1. The van der Waals surface area contributed by atoms with Crippen molar-refractivity contribution in [1.29, 1.82) is 0 Å². The van der Waals surface area contributed by atoms with E-state index in [1.807, 2.05) is 0 Å². The number of hydrogen-bond acceptors (Lipinski definition) is 8. The molecule has 1 aromatic carbocycles. The number of nitro groups is 1. The third kappa shape index (κ3) is 3.14. The van der Waals surface area contributed by atoms with Crippen molar-refractivity contribution in [2.24, 2.45) is 0 Å². The Morgan fingerprint density at radius 3 is 2.29 bits per heavy atom. The molecular weight excluding hydrogens is 366 g/mol. The van der Waals surface area contributed by atoms with E-state index in [4.69, 9.17) is 26.2 Å². The smallest absolute Gasteiger partial charge is 0.347 e. The summed E-state index contributed by atoms with van der Waals surface area (Å²) in [6, 6.07) is 1.12. The van der Waals surface area contributed by atoms with Crippen molar-refractivity contribution in [3.05, 3.63) is 26.1 Å². The summed E-state index contributed by atoms with van der Waals surface area (Å²) in [5, 5.41) is 20.3. The molecular formula is C13H8ClNO8S. The van der Waals surface area contributed by atoms with Gasteiger partial charge in [-0.15, -0.1) is 11.3 Å². The summed E-state index contributed by atoms with van der Waals surface area (Å²) < 4.78 is 9.55. The average Bonchev–Trinajstić information content (AvgIpc) is 2.75. The van der Waals surface area contributed by atoms with Crippen molar-refractivity contribution in [2.75, 3.05) is 0 Å². The molecule has 0 saturated heterocycles. The molecule has 0 unspecified atom stereocenters. The van der Waals surface area contributed by atoms with Crippen molar-refractivity contribution in [1.82, 2.24) is 0 Å². The largest absolute Gasteiger partial charge is 0.477 e. The normalized spacial score (nSPS) is 10.5. The molecule has 0 saturated carbocycles. The second-order valence-corrected chi connectivity index (χ2v) is 5.82. The molecule has 0 fully saturated rings. The summed E-state index contributed by atoms with van der Waals surface area (Å²) in [5.41, 5.74) is -0.710. The maximum Gasteiger partial charge on any atom is 0.347 e. The lowest BCUT2D eigenvalue weighted by atomic mass is 10.2. The lowest BCUT2D eigenvalue weighted by Crippen LogP contribution is -2.09. The Labute approximate surface area is 142 Å². The van der Waals surface area contributed by atoms with Gasteiger partial charge in [0, 0.05) is 19.2 Å². The quantitative estimate of drug-likeness (QED) is 0.374. The topological polar surface area (TPSA) is 133 Å². The van der Waals surface area contributed by atoms with Crippen LogP contribution < -0.4 is 9.47 Å². The van der Waals surface area contributed by atoms with Crippen LogP contribution in [-0.4, -0.2) is 27.9 Å². The first-order valence-electron chi connectivity index (χ1n) is 6.17. The van der Waals surface area contributed by atoms with Gasteiger partial charge in [-0.05, 0) is 6.07 Å². The van der Waals surface area contributed by atoms with Gasteiger partial charge in [-0.2, -0.15) is 0 Å². The second-order valence-electron chi connectivity index (χ2n) is 4.42. The van der Waals surface area contributed by atoms with Crippen LogP contribution in [0.15, 0.2) is 6.07 Å². The van der Waals surface area contributed by atoms with Crippen LogP contribution in [0.4, 0.5) is 5.69 Å². The van der Waals surface area contributed by atoms with E-state index in [-0.39, 0.29) is 20.0 Å². The molecule has 0 aliphatic rings. The summed E-state index contributed by atoms with van der Waals surface area (Å²) in [5.74, 6) is -4.08. The van der Waals surface area contributed by atoms with E-state index in [9.17, 15) is 24.5 Å². The number of halogens is 1. The molecule has 11 heteroatoms. The Morgan fingerprint density at radius 2 is 1.83 bits per heavy atom. The van der Waals surface area contributed by atoms with Crippen molar-refractivity contribution in [2.45, 2.75) is 13.8 Å². The SMILES string of the molecule is CC(=O)Oc1cc2c(Cl)c(C(=O)O)sc2c([N+](=O)[O-])c1OC(C)=O. The first kappa shape index (κ1) is 17.6. The number of carboxylic acid groups (broad SMARTS) is 1. The maximum atomic E-state index is 11.4. The highest BCUT2D eigenvalue weighted by atomic mass is 35.5. The molecule has 0 radical (unpaired) electrons. The molecule has 0 atom stereocenters. The Kier molecular flexibility index (Phi) is 4.71. The molecule has 1 aromatic heterocycles. The minimum absolute atomic E-state index is 0.00193. The van der Waals surface area contributed by atoms with Crippen LogP contribution in [0.2, 0.25) is 5.02 Å². The first-order chi connectivity index (χ1) is 11.1. The number of aromatic carboxylic acids is 1. The van der Waals surface area contributed by atoms with Gasteiger partial charge < -0.3 is 14.6 Å². The van der Waals surface area contributed by atoms with Crippen LogP contribution in [0, 0.1) is 10.1 Å². The van der Waals surface area contributed by atoms with E-state index in [0.717, 1.165) is 19.9 Å². The van der Waals surface area contributed by atoms with Gasteiger partial charge in [-0.1, -0.05) is 11.6 Å². The van der Waals surface area contributed by atoms with Gasteiger partial charge in [0.15, 0.2) is 5.75 Å². The third-order valence-electron chi connectivity index (χ3n) is 2.69. The van der Waals surface area contributed by atoms with Gasteiger partial charge in [0.1, 0.15) is 9.58 Å². The zero-order chi connectivity index (χ0) is 18.2. The Balaban J connectivity index is 2.94. The number of carboxylic acids is 1. The van der Waals surface area contributed by atoms with Crippen LogP contribution in [0.25, 0.3) is 10.1 Å². The molecule has 0 spiro atoms. The number of thiophene rings is 1. The molecule has 1 heterocycles. The zero-order valence-corrected chi connectivity index (χ0v) is 13.7. The van der Waals surface area contributed by atoms with E-state index in [1.165, 1.54) is 0 Å². The number of hydrogen-bond donors (Lipinski definition) is 1. The summed E-state index contributed by atoms with van der Waals surface area (Å²) >= 11 is 6.50. The van der Waals surface area contributed by atoms with Gasteiger partial charge in [0.25, 0.3) is 5.75 Å². The Bertz CT molecular complexity index is 903. The number of benzene rings is 1. The highest BCUT2D eigenvalue weighted by Gasteiger charge is 2.32. The van der Waals surface area contributed by atoms with Crippen LogP contribution >= 0.6 is 22.9 Å². The van der Waals surface area contributed by atoms with Crippen molar-refractivity contribution >= 4 is 56.6 Å². The summed E-state index contributed by atoms with van der Waals surface area (Å²) in [6.45, 7) is 2.06. The number of nitro benzene ring substituents is 1. The highest BCUT2D eigenvalue weighted by Crippen LogP contribution is 2.49. The predicted octanol–water partition coefficient (Wildman–Crippen LogP) is 3.01. The number of esters is 2. The van der Waals surface area contributed by atoms with Crippen LogP contribution in [-0.2, 0) is 9.59 Å². The molecule has 0 amide bonds. The van der Waals surface area contributed by atoms with Crippen LogP contribution in [0.1, 0.15) is 23.5 Å². The predicted molar refractivity (Wildman–Crippen MR) is 83.1 cm³/mol. The fraction of sp³-hybridized carbons (Fsp3) is 0.154. The van der Waals surface area contributed by atoms with Gasteiger partial charge in [0.2, 0.25) is 0 Å². The molecule has 126 valence electrons. The van der Waals surface area contributed by atoms with Gasteiger partial charge in [0.05, 0.1) is 9.95 Å². The molecule has 9 nitrogen and oxygen atoms in total. The molecule has 2 aromatic rings. The van der Waals surface area contributed by atoms with E-state index < -0.39 is 40.0 Å². The second kappa shape index (κ2) is 6.42. The maximum absolute atomic E-state index is 11.4. The molecule has 24 heavy (non-hydrogen) atoms. The van der Waals surface area contributed by atoms with Gasteiger partial charge in [-0.3, -0.25) is 19.7 Å². The van der Waals surface area contributed by atoms with E-state index in [0.29, 0.717) is 11.3 Å². The lowest BCUT2D eigenvalue weighted by molar-refractivity contribution is -0.383. The minimum Gasteiger partial charge on any atom is -0.477 e. The number of rotatable bonds is 4. The van der Waals surface area contributed by atoms with E-state index in [2.05, 4.69) is 0 Å². The molecule has 0 bridgehead atoms. The number of carbonyl (C=O) groups is 3. The number of fused-ring (bicyclic) bond motifs is 1. The number of carbonyl (C=O) groups excluding carboxylic acids is 2. The fourth-order valence-corrected chi connectivity index (χ4v) is 3.35. The number of nitrogens with zero attached hydrogens (tertiary/aromatic N) is 1. The van der Waals surface area contributed by atoms with Crippen molar-refractivity contribution in [3.63, 3.8) is 0 Å². The minimum atomic E-state index is -1.38. The fourth-order valence-electron chi connectivity index (χ4n) is 1.92. The lowest BCUT2D eigenvalue weighted by Gasteiger charge is -2.09. The van der Waals surface area contributed by atoms with Crippen molar-refractivity contribution < 1.29 is 33.9 Å². The summed E-state index contributed by atoms with van der Waals surface area (Å²) in [4.78, 5) is 43.9. The third-order valence-corrected chi connectivity index (χ3v) is 4.40. The van der Waals surface area contributed by atoms with Gasteiger partial charge in [-0.25, -0.2) is 4.79 Å². The Morgan fingerprint density at radius 1 is 1.25 bits per heavy atom. The molecule has 2 rings (SSSR count). The number of ether oxygens (including phenoxy) is 2. The summed E-state index contributed by atoms with van der Waals surface area (Å²) in [7, 11) is 0. The summed E-state index contributed by atoms with van der Waals surface area (Å²) in [6.07, 6.45) is 0. The standard InChI is InChI=1S/C13H8ClNO8S/c1-4(16)22-7-3-6-8(14)12(13(18)19)24-11(6)9(15(20)21)10(7)23-5(2)17/h3H,1-2H3,(H,18,19). The monoisotopic (exact) mass is 373 g/mol. The van der Waals surface area contributed by atoms with Crippen LogP contribution in [0.5, 0.6) is 11.5 Å². The highest BCUT2D eigenvalue weighted by molar-refractivity contribution is 7.22. The first-order valence-corrected chi connectivity index (χ1v) is 7.36. The average molecular weight is 374 g/mol. The van der Waals surface area contributed by atoms with Crippen molar-refractivity contribution in [3.8, 4) is 11.5 Å². The van der Waals surface area contributed by atoms with E-state index >= 15 is 0 Å². The van der Waals surface area contributed by atoms with Gasteiger partial charge >= 0.3 is 23.6 Å². The molecule has 0 aliphatic heterocycles. The molecule has 1 N–H and O–H groups in total. The Hall–Kier alpha value is -2.72.